The number of ether oxygens (including phenoxy) is 1. The minimum Gasteiger partial charge on any atom is -0.497 e. The van der Waals surface area contributed by atoms with E-state index in [2.05, 4.69) is 17.0 Å². The molecule has 2 fully saturated rings. The number of nitrogens with zero attached hydrogens (tertiary/aromatic N) is 1. The molecule has 3 heteroatoms. The molecule has 1 heterocycles. The number of hydrogen-bond donors (Lipinski definition) is 1. The van der Waals surface area contributed by atoms with Crippen molar-refractivity contribution in [3.05, 3.63) is 29.8 Å². The summed E-state index contributed by atoms with van der Waals surface area (Å²) in [7, 11) is 1.71. The number of rotatable bonds is 4. The van der Waals surface area contributed by atoms with Gasteiger partial charge in [-0.2, -0.15) is 0 Å². The molecule has 3 nitrogen and oxygen atoms in total. The Morgan fingerprint density at radius 3 is 3.00 bits per heavy atom. The van der Waals surface area contributed by atoms with Crippen LogP contribution in [-0.4, -0.2) is 31.1 Å². The first-order valence-corrected chi connectivity index (χ1v) is 7.91. The lowest BCUT2D eigenvalue weighted by Crippen LogP contribution is -2.45. The molecule has 1 saturated heterocycles. The van der Waals surface area contributed by atoms with Crippen LogP contribution in [0.1, 0.15) is 43.7 Å². The lowest BCUT2D eigenvalue weighted by Gasteiger charge is -2.39. The summed E-state index contributed by atoms with van der Waals surface area (Å²) in [5.41, 5.74) is 7.62. The quantitative estimate of drug-likeness (QED) is 0.917. The predicted molar refractivity (Wildman–Crippen MR) is 81.9 cm³/mol. The van der Waals surface area contributed by atoms with E-state index in [-0.39, 0.29) is 6.04 Å². The van der Waals surface area contributed by atoms with Gasteiger partial charge in [0.25, 0.3) is 0 Å². The van der Waals surface area contributed by atoms with Crippen LogP contribution in [0.15, 0.2) is 24.3 Å². The molecule has 110 valence electrons. The lowest BCUT2D eigenvalue weighted by molar-refractivity contribution is 0.106. The standard InChI is InChI=1S/C17H26N2O/c1-20-15-8-2-6-14(11-15)16(18)12-19-10-4-7-13-5-3-9-17(13)19/h2,6,8,11,13,16-17H,3-5,7,9-10,12,18H2,1H3. The van der Waals surface area contributed by atoms with Crippen LogP contribution >= 0.6 is 0 Å². The van der Waals surface area contributed by atoms with Gasteiger partial charge in [-0.05, 0) is 55.8 Å². The second-order valence-corrected chi connectivity index (χ2v) is 6.28. The zero-order valence-corrected chi connectivity index (χ0v) is 12.4. The van der Waals surface area contributed by atoms with Gasteiger partial charge in [0.05, 0.1) is 7.11 Å². The molecule has 0 amide bonds. The maximum Gasteiger partial charge on any atom is 0.119 e. The van der Waals surface area contributed by atoms with Crippen molar-refractivity contribution in [2.75, 3.05) is 20.2 Å². The number of piperidine rings is 1. The third-order valence-corrected chi connectivity index (χ3v) is 5.06. The number of likely N-dealkylation sites (tertiary alicyclic amines) is 1. The van der Waals surface area contributed by atoms with E-state index in [9.17, 15) is 0 Å². The van der Waals surface area contributed by atoms with Crippen molar-refractivity contribution >= 4 is 0 Å². The highest BCUT2D eigenvalue weighted by atomic mass is 16.5. The largest absolute Gasteiger partial charge is 0.497 e. The first kappa shape index (κ1) is 13.9. The van der Waals surface area contributed by atoms with Gasteiger partial charge < -0.3 is 10.5 Å². The molecule has 0 bridgehead atoms. The fourth-order valence-corrected chi connectivity index (χ4v) is 4.01. The second-order valence-electron chi connectivity index (χ2n) is 6.28. The topological polar surface area (TPSA) is 38.5 Å². The van der Waals surface area contributed by atoms with Crippen molar-refractivity contribution in [2.24, 2.45) is 11.7 Å². The van der Waals surface area contributed by atoms with E-state index in [4.69, 9.17) is 10.5 Å². The van der Waals surface area contributed by atoms with Crippen molar-refractivity contribution in [3.63, 3.8) is 0 Å². The van der Waals surface area contributed by atoms with Crippen LogP contribution in [0, 0.1) is 5.92 Å². The maximum atomic E-state index is 6.43. The van der Waals surface area contributed by atoms with Gasteiger partial charge in [-0.3, -0.25) is 4.90 Å². The van der Waals surface area contributed by atoms with Gasteiger partial charge in [0.15, 0.2) is 0 Å². The highest BCUT2D eigenvalue weighted by molar-refractivity contribution is 5.30. The minimum absolute atomic E-state index is 0.0875. The van der Waals surface area contributed by atoms with Crippen molar-refractivity contribution < 1.29 is 4.74 Å². The predicted octanol–water partition coefficient (Wildman–Crippen LogP) is 2.96. The van der Waals surface area contributed by atoms with E-state index in [0.717, 1.165) is 24.3 Å². The fourth-order valence-electron chi connectivity index (χ4n) is 4.01. The zero-order chi connectivity index (χ0) is 13.9. The van der Waals surface area contributed by atoms with Gasteiger partial charge in [0.1, 0.15) is 5.75 Å². The van der Waals surface area contributed by atoms with E-state index in [0.29, 0.717) is 0 Å². The van der Waals surface area contributed by atoms with Crippen LogP contribution in [0.25, 0.3) is 0 Å². The summed E-state index contributed by atoms with van der Waals surface area (Å²) in [5, 5.41) is 0. The Bertz CT molecular complexity index is 448. The fraction of sp³-hybridized carbons (Fsp3) is 0.647. The van der Waals surface area contributed by atoms with E-state index in [1.165, 1.54) is 44.2 Å². The molecule has 1 aliphatic carbocycles. The summed E-state index contributed by atoms with van der Waals surface area (Å²) >= 11 is 0. The van der Waals surface area contributed by atoms with Crippen molar-refractivity contribution in [2.45, 2.75) is 44.2 Å². The molecular weight excluding hydrogens is 248 g/mol. The third-order valence-electron chi connectivity index (χ3n) is 5.06. The Labute approximate surface area is 122 Å². The van der Waals surface area contributed by atoms with Gasteiger partial charge in [-0.1, -0.05) is 18.6 Å². The monoisotopic (exact) mass is 274 g/mol. The molecule has 1 saturated carbocycles. The average Bonchev–Trinajstić information content (AvgIpc) is 2.97. The second kappa shape index (κ2) is 6.15. The summed E-state index contributed by atoms with van der Waals surface area (Å²) in [6.45, 7) is 2.20. The van der Waals surface area contributed by atoms with Crippen LogP contribution in [0.3, 0.4) is 0 Å². The number of hydrogen-bond acceptors (Lipinski definition) is 3. The average molecular weight is 274 g/mol. The van der Waals surface area contributed by atoms with Gasteiger partial charge in [-0.15, -0.1) is 0 Å². The minimum atomic E-state index is 0.0875. The van der Waals surface area contributed by atoms with E-state index < -0.39 is 0 Å². The first-order valence-electron chi connectivity index (χ1n) is 7.91. The van der Waals surface area contributed by atoms with Gasteiger partial charge >= 0.3 is 0 Å². The molecule has 0 spiro atoms. The maximum absolute atomic E-state index is 6.43. The number of fused-ring (bicyclic) bond motifs is 1. The lowest BCUT2D eigenvalue weighted by atomic mass is 9.91. The molecule has 1 aromatic rings. The molecule has 20 heavy (non-hydrogen) atoms. The van der Waals surface area contributed by atoms with E-state index in [1.807, 2.05) is 12.1 Å². The third kappa shape index (κ3) is 2.84. The normalized spacial score (nSPS) is 28.1. The summed E-state index contributed by atoms with van der Waals surface area (Å²) in [5.74, 6) is 1.83. The molecule has 0 radical (unpaired) electrons. The Kier molecular flexibility index (Phi) is 4.27. The molecule has 3 atom stereocenters. The Balaban J connectivity index is 1.66. The SMILES string of the molecule is COc1cccc(C(N)CN2CCCC3CCCC32)c1. The smallest absolute Gasteiger partial charge is 0.119 e. The highest BCUT2D eigenvalue weighted by Crippen LogP contribution is 2.37. The van der Waals surface area contributed by atoms with Crippen molar-refractivity contribution in [1.29, 1.82) is 0 Å². The molecule has 1 aliphatic heterocycles. The molecule has 3 rings (SSSR count). The summed E-state index contributed by atoms with van der Waals surface area (Å²) in [6.07, 6.45) is 6.97. The first-order chi connectivity index (χ1) is 9.78. The van der Waals surface area contributed by atoms with Gasteiger partial charge in [0, 0.05) is 18.6 Å². The van der Waals surface area contributed by atoms with Crippen LogP contribution in [0.2, 0.25) is 0 Å². The van der Waals surface area contributed by atoms with Crippen molar-refractivity contribution in [1.82, 2.24) is 4.90 Å². The molecule has 3 unspecified atom stereocenters. The van der Waals surface area contributed by atoms with Crippen LogP contribution in [0.4, 0.5) is 0 Å². The highest BCUT2D eigenvalue weighted by Gasteiger charge is 2.35. The van der Waals surface area contributed by atoms with Crippen LogP contribution < -0.4 is 10.5 Å². The number of benzene rings is 1. The molecule has 1 aromatic carbocycles. The Morgan fingerprint density at radius 2 is 2.15 bits per heavy atom. The summed E-state index contributed by atoms with van der Waals surface area (Å²) < 4.78 is 5.30. The number of methoxy groups -OCH3 is 1. The summed E-state index contributed by atoms with van der Waals surface area (Å²) in [4.78, 5) is 2.64. The number of nitrogens with two attached hydrogens (primary N) is 1. The molecule has 0 aromatic heterocycles. The molecular formula is C17H26N2O. The van der Waals surface area contributed by atoms with E-state index >= 15 is 0 Å². The van der Waals surface area contributed by atoms with Crippen LogP contribution in [0.5, 0.6) is 5.75 Å². The molecule has 2 N–H and O–H groups in total. The van der Waals surface area contributed by atoms with Crippen molar-refractivity contribution in [3.8, 4) is 5.75 Å². The van der Waals surface area contributed by atoms with Gasteiger partial charge in [0.2, 0.25) is 0 Å². The Hall–Kier alpha value is -1.06. The van der Waals surface area contributed by atoms with Gasteiger partial charge in [-0.25, -0.2) is 0 Å². The summed E-state index contributed by atoms with van der Waals surface area (Å²) in [6, 6.07) is 9.07. The molecule has 2 aliphatic rings. The zero-order valence-electron chi connectivity index (χ0n) is 12.4. The van der Waals surface area contributed by atoms with Crippen LogP contribution in [-0.2, 0) is 0 Å². The van der Waals surface area contributed by atoms with E-state index in [1.54, 1.807) is 7.11 Å². The Morgan fingerprint density at radius 1 is 1.30 bits per heavy atom.